The summed E-state index contributed by atoms with van der Waals surface area (Å²) in [4.78, 5) is 13.7. The lowest BCUT2D eigenvalue weighted by molar-refractivity contribution is -0.144. The molecule has 1 aliphatic rings. The fraction of sp³-hybridized carbons (Fsp3) is 0.923. The molecule has 1 aliphatic heterocycles. The third-order valence-corrected chi connectivity index (χ3v) is 3.08. The minimum atomic E-state index is -0.101. The molecule has 1 fully saturated rings. The van der Waals surface area contributed by atoms with Gasteiger partial charge in [0.15, 0.2) is 0 Å². The van der Waals surface area contributed by atoms with Crippen LogP contribution >= 0.6 is 0 Å². The number of nitrogens with zero attached hydrogens (tertiary/aromatic N) is 1. The van der Waals surface area contributed by atoms with E-state index in [2.05, 4.69) is 24.1 Å². The van der Waals surface area contributed by atoms with Gasteiger partial charge in [0.05, 0.1) is 13.2 Å². The lowest BCUT2D eigenvalue weighted by Gasteiger charge is -2.36. The molecule has 0 amide bonds. The summed E-state index contributed by atoms with van der Waals surface area (Å²) in [6.07, 6.45) is 2.36. The minimum Gasteiger partial charge on any atom is -0.465 e. The van der Waals surface area contributed by atoms with E-state index in [9.17, 15) is 4.79 Å². The summed E-state index contributed by atoms with van der Waals surface area (Å²) >= 11 is 0. The Bertz CT molecular complexity index is 233. The zero-order valence-electron chi connectivity index (χ0n) is 11.4. The fourth-order valence-electron chi connectivity index (χ4n) is 2.48. The predicted molar refractivity (Wildman–Crippen MR) is 68.9 cm³/mol. The van der Waals surface area contributed by atoms with Crippen molar-refractivity contribution in [1.82, 2.24) is 10.2 Å². The van der Waals surface area contributed by atoms with Gasteiger partial charge in [0.25, 0.3) is 0 Å². The number of hydrogen-bond acceptors (Lipinski definition) is 4. The summed E-state index contributed by atoms with van der Waals surface area (Å²) in [5.74, 6) is 0.545. The number of carbonyl (C=O) groups excluding carboxylic acids is 1. The summed E-state index contributed by atoms with van der Waals surface area (Å²) in [7, 11) is 0. The molecule has 0 radical (unpaired) electrons. The maximum absolute atomic E-state index is 11.5. The lowest BCUT2D eigenvalue weighted by Crippen LogP contribution is -2.50. The van der Waals surface area contributed by atoms with Crippen LogP contribution in [-0.2, 0) is 9.53 Å². The van der Waals surface area contributed by atoms with Gasteiger partial charge in [-0.1, -0.05) is 13.8 Å². The predicted octanol–water partition coefficient (Wildman–Crippen LogP) is 1.26. The monoisotopic (exact) mass is 242 g/mol. The van der Waals surface area contributed by atoms with Crippen LogP contribution in [0.15, 0.2) is 0 Å². The molecule has 2 atom stereocenters. The molecule has 0 saturated carbocycles. The molecule has 0 aliphatic carbocycles. The Morgan fingerprint density at radius 1 is 1.41 bits per heavy atom. The summed E-state index contributed by atoms with van der Waals surface area (Å²) in [6.45, 7) is 10.2. The standard InChI is InChI=1S/C13H26N2O2/c1-4-6-14-12-7-11(3)8-15(9-12)10-13(16)17-5-2/h11-12,14H,4-10H2,1-3H3. The van der Waals surface area contributed by atoms with Gasteiger partial charge >= 0.3 is 5.97 Å². The van der Waals surface area contributed by atoms with Crippen molar-refractivity contribution >= 4 is 5.97 Å². The van der Waals surface area contributed by atoms with Crippen LogP contribution in [0.5, 0.6) is 0 Å². The van der Waals surface area contributed by atoms with Crippen LogP contribution in [0, 0.1) is 5.92 Å². The Hall–Kier alpha value is -0.610. The van der Waals surface area contributed by atoms with Crippen LogP contribution in [0.4, 0.5) is 0 Å². The Labute approximate surface area is 105 Å². The molecule has 4 nitrogen and oxygen atoms in total. The van der Waals surface area contributed by atoms with Crippen molar-refractivity contribution in [1.29, 1.82) is 0 Å². The first-order chi connectivity index (χ1) is 8.15. The quantitative estimate of drug-likeness (QED) is 0.712. The molecule has 4 heteroatoms. The lowest BCUT2D eigenvalue weighted by atomic mass is 9.96. The van der Waals surface area contributed by atoms with Crippen molar-refractivity contribution in [3.63, 3.8) is 0 Å². The van der Waals surface area contributed by atoms with Gasteiger partial charge < -0.3 is 10.1 Å². The summed E-state index contributed by atoms with van der Waals surface area (Å²) < 4.78 is 5.00. The Balaban J connectivity index is 2.36. The van der Waals surface area contributed by atoms with E-state index < -0.39 is 0 Å². The molecule has 0 aromatic carbocycles. The highest BCUT2D eigenvalue weighted by molar-refractivity contribution is 5.71. The van der Waals surface area contributed by atoms with E-state index in [0.717, 1.165) is 26.1 Å². The molecule has 100 valence electrons. The van der Waals surface area contributed by atoms with Gasteiger partial charge in [-0.15, -0.1) is 0 Å². The molecule has 1 N–H and O–H groups in total. The van der Waals surface area contributed by atoms with E-state index >= 15 is 0 Å². The van der Waals surface area contributed by atoms with Crippen LogP contribution in [0.25, 0.3) is 0 Å². The van der Waals surface area contributed by atoms with Crippen LogP contribution in [0.1, 0.15) is 33.6 Å². The molecule has 1 heterocycles. The number of ether oxygens (including phenoxy) is 1. The first-order valence-electron chi connectivity index (χ1n) is 6.77. The number of likely N-dealkylation sites (tertiary alicyclic amines) is 1. The van der Waals surface area contributed by atoms with E-state index in [0.29, 0.717) is 25.1 Å². The molecule has 0 aromatic rings. The number of hydrogen-bond donors (Lipinski definition) is 1. The smallest absolute Gasteiger partial charge is 0.320 e. The van der Waals surface area contributed by atoms with E-state index in [1.165, 1.54) is 6.42 Å². The van der Waals surface area contributed by atoms with Crippen LogP contribution in [0.2, 0.25) is 0 Å². The Morgan fingerprint density at radius 3 is 2.82 bits per heavy atom. The van der Waals surface area contributed by atoms with E-state index in [-0.39, 0.29) is 5.97 Å². The summed E-state index contributed by atoms with van der Waals surface area (Å²) in [6, 6.07) is 0.521. The maximum atomic E-state index is 11.5. The Kier molecular flexibility index (Phi) is 6.52. The highest BCUT2D eigenvalue weighted by Crippen LogP contribution is 2.16. The molecule has 1 saturated heterocycles. The molecule has 2 unspecified atom stereocenters. The van der Waals surface area contributed by atoms with Gasteiger partial charge in [-0.3, -0.25) is 9.69 Å². The zero-order chi connectivity index (χ0) is 12.7. The Morgan fingerprint density at radius 2 is 2.18 bits per heavy atom. The highest BCUT2D eigenvalue weighted by atomic mass is 16.5. The molecular formula is C13H26N2O2. The molecular weight excluding hydrogens is 216 g/mol. The van der Waals surface area contributed by atoms with Gasteiger partial charge in [0.2, 0.25) is 0 Å². The molecule has 0 spiro atoms. The number of rotatable bonds is 6. The number of piperidine rings is 1. The van der Waals surface area contributed by atoms with Crippen LogP contribution in [0.3, 0.4) is 0 Å². The first-order valence-corrected chi connectivity index (χ1v) is 6.77. The second-order valence-corrected chi connectivity index (χ2v) is 4.99. The van der Waals surface area contributed by atoms with Crippen LogP contribution < -0.4 is 5.32 Å². The van der Waals surface area contributed by atoms with Crippen molar-refractivity contribution in [3.8, 4) is 0 Å². The van der Waals surface area contributed by atoms with Crippen molar-refractivity contribution in [2.24, 2.45) is 5.92 Å². The topological polar surface area (TPSA) is 41.6 Å². The number of nitrogens with one attached hydrogen (secondary N) is 1. The highest BCUT2D eigenvalue weighted by Gasteiger charge is 2.25. The number of carbonyl (C=O) groups is 1. The van der Waals surface area contributed by atoms with Gasteiger partial charge in [-0.25, -0.2) is 0 Å². The number of esters is 1. The van der Waals surface area contributed by atoms with Crippen molar-refractivity contribution in [3.05, 3.63) is 0 Å². The second-order valence-electron chi connectivity index (χ2n) is 4.99. The summed E-state index contributed by atoms with van der Waals surface area (Å²) in [5.41, 5.74) is 0. The second kappa shape index (κ2) is 7.67. The van der Waals surface area contributed by atoms with Gasteiger partial charge in [0.1, 0.15) is 0 Å². The van der Waals surface area contributed by atoms with Crippen molar-refractivity contribution < 1.29 is 9.53 Å². The van der Waals surface area contributed by atoms with E-state index in [1.54, 1.807) is 0 Å². The largest absolute Gasteiger partial charge is 0.465 e. The SMILES string of the molecule is CCCNC1CC(C)CN(CC(=O)OCC)C1. The van der Waals surface area contributed by atoms with Crippen molar-refractivity contribution in [2.45, 2.75) is 39.7 Å². The zero-order valence-corrected chi connectivity index (χ0v) is 11.4. The first kappa shape index (κ1) is 14.5. The molecule has 0 bridgehead atoms. The molecule has 0 aromatic heterocycles. The minimum absolute atomic E-state index is 0.101. The molecule has 17 heavy (non-hydrogen) atoms. The third-order valence-electron chi connectivity index (χ3n) is 3.08. The van der Waals surface area contributed by atoms with Gasteiger partial charge in [-0.05, 0) is 32.2 Å². The normalized spacial score (nSPS) is 25.8. The van der Waals surface area contributed by atoms with Gasteiger partial charge in [-0.2, -0.15) is 0 Å². The van der Waals surface area contributed by atoms with Gasteiger partial charge in [0, 0.05) is 19.1 Å². The van der Waals surface area contributed by atoms with Crippen molar-refractivity contribution in [2.75, 3.05) is 32.8 Å². The third kappa shape index (κ3) is 5.50. The van der Waals surface area contributed by atoms with E-state index in [1.807, 2.05) is 6.92 Å². The molecule has 1 rings (SSSR count). The van der Waals surface area contributed by atoms with E-state index in [4.69, 9.17) is 4.74 Å². The summed E-state index contributed by atoms with van der Waals surface area (Å²) in [5, 5.41) is 3.54. The maximum Gasteiger partial charge on any atom is 0.320 e. The average molecular weight is 242 g/mol. The average Bonchev–Trinajstić information content (AvgIpc) is 2.25. The fourth-order valence-corrected chi connectivity index (χ4v) is 2.48. The van der Waals surface area contributed by atoms with Crippen LogP contribution in [-0.4, -0.2) is 49.7 Å².